The highest BCUT2D eigenvalue weighted by atomic mass is 16.7. The molecule has 17 nitrogen and oxygen atoms in total. The number of nitrogens with zero attached hydrogens (tertiary/aromatic N) is 2. The molecule has 4 N–H and O–H groups in total. The van der Waals surface area contributed by atoms with Crippen LogP contribution in [0.1, 0.15) is 121 Å². The summed E-state index contributed by atoms with van der Waals surface area (Å²) in [6.07, 6.45) is -8.13. The fraction of sp³-hybridized carbons (Fsp3) is 0.820. The van der Waals surface area contributed by atoms with E-state index in [1.54, 1.807) is 41.5 Å². The number of aliphatic hydroxyl groups excluding tert-OH is 2. The summed E-state index contributed by atoms with van der Waals surface area (Å²) in [4.78, 5) is 35.1. The van der Waals surface area contributed by atoms with Crippen molar-refractivity contribution in [2.75, 3.05) is 34.4 Å². The van der Waals surface area contributed by atoms with Gasteiger partial charge in [0.15, 0.2) is 18.7 Å². The van der Waals surface area contributed by atoms with Crippen LogP contribution in [-0.2, 0) is 47.6 Å². The predicted molar refractivity (Wildman–Crippen MR) is 250 cm³/mol. The predicted octanol–water partition coefficient (Wildman–Crippen LogP) is 5.41. The maximum absolute atomic E-state index is 14.6. The summed E-state index contributed by atoms with van der Waals surface area (Å²) in [5, 5.41) is 53.5. The Hall–Kier alpha value is -2.97. The van der Waals surface area contributed by atoms with Crippen LogP contribution in [0.5, 0.6) is 5.75 Å². The average molecular weight is 953 g/mol. The Morgan fingerprint density at radius 1 is 0.910 bits per heavy atom. The second-order valence-corrected chi connectivity index (χ2v) is 20.1. The molecule has 3 saturated heterocycles. The Labute approximate surface area is 399 Å². The zero-order valence-electron chi connectivity index (χ0n) is 42.6. The number of ether oxygens (including phenoxy) is 8. The Balaban J connectivity index is 1.80. The largest absolute Gasteiger partial charge is 0.493 e. The number of methoxy groups -OCH3 is 1. The number of aliphatic hydroxyl groups is 4. The quantitative estimate of drug-likeness (QED) is 0.0927. The molecule has 0 saturated carbocycles. The first-order valence-electron chi connectivity index (χ1n) is 24.3. The Morgan fingerprint density at radius 2 is 1.58 bits per heavy atom. The first kappa shape index (κ1) is 56.6. The van der Waals surface area contributed by atoms with Crippen molar-refractivity contribution in [2.24, 2.45) is 28.8 Å². The number of esters is 2. The topological polar surface area (TPSA) is 214 Å². The van der Waals surface area contributed by atoms with Crippen LogP contribution < -0.4 is 4.74 Å². The number of carbonyl (C=O) groups excluding carboxylic acids is 2. The number of benzene rings is 1. The van der Waals surface area contributed by atoms with Crippen LogP contribution in [-0.4, -0.2) is 162 Å². The molecule has 0 spiro atoms. The molecule has 18 atom stereocenters. The van der Waals surface area contributed by atoms with Crippen molar-refractivity contribution in [1.29, 1.82) is 0 Å². The summed E-state index contributed by atoms with van der Waals surface area (Å²) < 4.78 is 50.3. The molecular formula is C50H84N2O15. The summed E-state index contributed by atoms with van der Waals surface area (Å²) in [7, 11) is 5.26. The van der Waals surface area contributed by atoms with Gasteiger partial charge in [0.1, 0.15) is 35.8 Å². The van der Waals surface area contributed by atoms with Gasteiger partial charge in [-0.25, -0.2) is 0 Å². The molecular weight excluding hydrogens is 869 g/mol. The number of rotatable bonds is 16. The summed E-state index contributed by atoms with van der Waals surface area (Å²) >= 11 is 0. The highest BCUT2D eigenvalue weighted by molar-refractivity contribution is 5.88. The van der Waals surface area contributed by atoms with Crippen LogP contribution in [0.25, 0.3) is 0 Å². The lowest BCUT2D eigenvalue weighted by Crippen LogP contribution is -2.61. The molecule has 3 aliphatic rings. The van der Waals surface area contributed by atoms with Crippen LogP contribution >= 0.6 is 0 Å². The van der Waals surface area contributed by atoms with Crippen LogP contribution in [0.3, 0.4) is 0 Å². The van der Waals surface area contributed by atoms with Crippen molar-refractivity contribution >= 4 is 17.7 Å². The van der Waals surface area contributed by atoms with Crippen molar-refractivity contribution in [3.05, 3.63) is 30.3 Å². The maximum Gasteiger partial charge on any atom is 0.311 e. The van der Waals surface area contributed by atoms with E-state index in [0.29, 0.717) is 31.6 Å². The summed E-state index contributed by atoms with van der Waals surface area (Å²) in [5.74, 6) is -3.84. The van der Waals surface area contributed by atoms with E-state index < -0.39 is 102 Å². The number of carbonyl (C=O) groups is 2. The standard InChI is InChI=1S/C50H84N2O15/c1-15-21-38(53)65-45-34(8)63-39(28-49(45,10)59-14)66-42-32(6)44(67-47-41(54)36(52(12)13)26-30(4)62-47)48(9,57)27-29(3)40(51-61-25-20-24-60-35-22-18-17-19-23-35)31(5)43(55)50(11,58)37(16-2)64-46(56)33(42)7/h17-19,22-23,29-34,36-37,39,41-45,47,54-55,57-58H,15-16,20-21,24-28H2,1-14H3/b51-40+/t29-,30-,31+,32+,33-,34+,36+,37-,39?,41-,42+,43-,44-,45+,47+,48?,49-,50-/m1/s1. The zero-order chi connectivity index (χ0) is 50.0. The zero-order valence-corrected chi connectivity index (χ0v) is 42.6. The smallest absolute Gasteiger partial charge is 0.311 e. The lowest BCUT2D eigenvalue weighted by molar-refractivity contribution is -0.318. The molecule has 67 heavy (non-hydrogen) atoms. The molecule has 2 unspecified atom stereocenters. The first-order chi connectivity index (χ1) is 31.4. The summed E-state index contributed by atoms with van der Waals surface area (Å²) in [5.41, 5.74) is -4.49. The van der Waals surface area contributed by atoms with Crippen LogP contribution in [0, 0.1) is 23.7 Å². The highest BCUT2D eigenvalue weighted by Gasteiger charge is 2.54. The second-order valence-electron chi connectivity index (χ2n) is 20.1. The molecule has 17 heteroatoms. The van der Waals surface area contributed by atoms with Crippen LogP contribution in [0.4, 0.5) is 0 Å². The third kappa shape index (κ3) is 14.3. The van der Waals surface area contributed by atoms with Gasteiger partial charge in [0, 0.05) is 50.2 Å². The van der Waals surface area contributed by atoms with Gasteiger partial charge in [-0.15, -0.1) is 0 Å². The molecule has 0 aliphatic carbocycles. The Bertz CT molecular complexity index is 1710. The van der Waals surface area contributed by atoms with E-state index >= 15 is 0 Å². The second kappa shape index (κ2) is 24.7. The molecule has 384 valence electrons. The number of para-hydroxylation sites is 1. The van der Waals surface area contributed by atoms with Crippen LogP contribution in [0.2, 0.25) is 0 Å². The number of hydrogen-bond donors (Lipinski definition) is 4. The van der Waals surface area contributed by atoms with Crippen molar-refractivity contribution in [3.8, 4) is 5.75 Å². The third-order valence-electron chi connectivity index (χ3n) is 14.1. The van der Waals surface area contributed by atoms with Crippen molar-refractivity contribution in [2.45, 2.75) is 205 Å². The van der Waals surface area contributed by atoms with Gasteiger partial charge in [0.05, 0.1) is 54.4 Å². The first-order valence-corrected chi connectivity index (χ1v) is 24.3. The van der Waals surface area contributed by atoms with Gasteiger partial charge in [-0.1, -0.05) is 58.0 Å². The lowest BCUT2D eigenvalue weighted by atomic mass is 9.73. The molecule has 3 aliphatic heterocycles. The molecule has 3 heterocycles. The molecule has 3 fully saturated rings. The van der Waals surface area contributed by atoms with E-state index in [1.807, 2.05) is 77.0 Å². The number of likely N-dealkylation sites (N-methyl/N-ethyl adjacent to an activating group) is 1. The summed E-state index contributed by atoms with van der Waals surface area (Å²) in [6.45, 7) is 19.6. The SMILES string of the molecule is CCCC(=O)O[C@H]1[C@H](C)OC(O[C@H]2[C@H](C)[C@@H](O[C@@H]3O[C@H](C)C[C@H](N(C)C)[C@H]3O)C(C)(O)C[C@@H](C)/C(=N\OCCCOc3ccccc3)[C@H](C)[C@@H](O)[C@](C)(O)[C@@H](CC)OC(=O)[C@@H]2C)C[C@@]1(C)OC. The minimum Gasteiger partial charge on any atom is -0.493 e. The van der Waals surface area contributed by atoms with Gasteiger partial charge >= 0.3 is 11.9 Å². The fourth-order valence-electron chi connectivity index (χ4n) is 10.2. The maximum atomic E-state index is 14.6. The minimum atomic E-state index is -1.98. The molecule has 0 aromatic heterocycles. The number of hydrogen-bond acceptors (Lipinski definition) is 17. The van der Waals surface area contributed by atoms with Gasteiger partial charge in [0.2, 0.25) is 0 Å². The molecule has 4 rings (SSSR count). The van der Waals surface area contributed by atoms with E-state index in [9.17, 15) is 30.0 Å². The normalized spacial score (nSPS) is 41.0. The van der Waals surface area contributed by atoms with Gasteiger partial charge in [-0.3, -0.25) is 9.59 Å². The van der Waals surface area contributed by atoms with E-state index in [2.05, 4.69) is 5.16 Å². The Morgan fingerprint density at radius 3 is 2.19 bits per heavy atom. The fourth-order valence-corrected chi connectivity index (χ4v) is 10.2. The monoisotopic (exact) mass is 953 g/mol. The lowest BCUT2D eigenvalue weighted by Gasteiger charge is -2.49. The van der Waals surface area contributed by atoms with E-state index in [0.717, 1.165) is 5.75 Å². The van der Waals surface area contributed by atoms with Crippen molar-refractivity contribution < 1.29 is 72.7 Å². The number of cyclic esters (lactones) is 1. The van der Waals surface area contributed by atoms with Gasteiger partial charge < -0.3 is 68.1 Å². The van der Waals surface area contributed by atoms with E-state index in [1.165, 1.54) is 14.0 Å². The van der Waals surface area contributed by atoms with Gasteiger partial charge in [-0.2, -0.15) is 0 Å². The molecule has 1 aromatic carbocycles. The van der Waals surface area contributed by atoms with Gasteiger partial charge in [0.25, 0.3) is 0 Å². The average Bonchev–Trinajstić information content (AvgIpc) is 3.27. The molecule has 0 radical (unpaired) electrons. The van der Waals surface area contributed by atoms with Crippen molar-refractivity contribution in [3.63, 3.8) is 0 Å². The number of oxime groups is 1. The molecule has 1 aromatic rings. The molecule has 0 amide bonds. The minimum absolute atomic E-state index is 0.0255. The van der Waals surface area contributed by atoms with Crippen molar-refractivity contribution in [1.82, 2.24) is 4.90 Å². The van der Waals surface area contributed by atoms with E-state index in [-0.39, 0.29) is 50.4 Å². The Kier molecular flexibility index (Phi) is 20.9. The third-order valence-corrected chi connectivity index (χ3v) is 14.1. The highest BCUT2D eigenvalue weighted by Crippen LogP contribution is 2.41. The van der Waals surface area contributed by atoms with E-state index in [4.69, 9.17) is 42.7 Å². The molecule has 0 bridgehead atoms. The van der Waals surface area contributed by atoms with Crippen LogP contribution in [0.15, 0.2) is 35.5 Å². The summed E-state index contributed by atoms with van der Waals surface area (Å²) in [6, 6.07) is 9.05. The van der Waals surface area contributed by atoms with Gasteiger partial charge in [-0.05, 0) is 93.5 Å².